The number of carbonyl (C=O) groups excluding carboxylic acids is 1. The Balaban J connectivity index is 1.92. The minimum atomic E-state index is -0.638. The van der Waals surface area contributed by atoms with Crippen LogP contribution < -0.4 is 17.0 Å². The van der Waals surface area contributed by atoms with E-state index in [2.05, 4.69) is 18.4 Å². The summed E-state index contributed by atoms with van der Waals surface area (Å²) in [6, 6.07) is 2.20. The third kappa shape index (κ3) is 2.51. The molecule has 128 valence electrons. The van der Waals surface area contributed by atoms with Crippen molar-refractivity contribution >= 4 is 22.9 Å². The number of Topliss-reactive ketones (excluding diaryl/α,β-unsaturated/α-hetero) is 1. The first-order valence-electron chi connectivity index (χ1n) is 7.72. The normalized spacial score (nSPS) is 17.7. The van der Waals surface area contributed by atoms with Gasteiger partial charge in [-0.25, -0.2) is 4.79 Å². The van der Waals surface area contributed by atoms with Crippen LogP contribution in [-0.2, 0) is 20.5 Å². The third-order valence-corrected chi connectivity index (χ3v) is 5.74. The molecule has 0 radical (unpaired) electrons. The van der Waals surface area contributed by atoms with Crippen molar-refractivity contribution < 1.29 is 4.79 Å². The largest absolute Gasteiger partial charge is 0.384 e. The zero-order valence-corrected chi connectivity index (χ0v) is 14.7. The molecule has 2 N–H and O–H groups in total. The minimum absolute atomic E-state index is 0.0750. The average Bonchev–Trinajstić information content (AvgIpc) is 3.03. The SMILES string of the molecule is C[C@@H]1c2ccsc2CCN1CC(=O)c1c(N)n(C)c(=O)n(C)c1=O. The molecule has 2 aromatic heterocycles. The maximum absolute atomic E-state index is 12.7. The second kappa shape index (κ2) is 6.03. The van der Waals surface area contributed by atoms with Crippen molar-refractivity contribution in [1.82, 2.24) is 14.0 Å². The van der Waals surface area contributed by atoms with Crippen LogP contribution in [0.4, 0.5) is 5.82 Å². The van der Waals surface area contributed by atoms with Gasteiger partial charge in [0.1, 0.15) is 11.4 Å². The molecule has 0 amide bonds. The third-order valence-electron chi connectivity index (χ3n) is 4.74. The molecule has 1 aliphatic heterocycles. The summed E-state index contributed by atoms with van der Waals surface area (Å²) in [7, 11) is 2.80. The summed E-state index contributed by atoms with van der Waals surface area (Å²) >= 11 is 1.73. The number of hydrogen-bond donors (Lipinski definition) is 1. The number of aromatic nitrogens is 2. The Labute approximate surface area is 142 Å². The average molecular weight is 348 g/mol. The lowest BCUT2D eigenvalue weighted by Gasteiger charge is -2.33. The number of fused-ring (bicyclic) bond motifs is 1. The second-order valence-corrected chi connectivity index (χ2v) is 7.09. The van der Waals surface area contributed by atoms with Gasteiger partial charge in [0.15, 0.2) is 5.78 Å². The van der Waals surface area contributed by atoms with E-state index in [1.807, 2.05) is 4.90 Å². The Hall–Kier alpha value is -2.19. The zero-order valence-electron chi connectivity index (χ0n) is 13.9. The van der Waals surface area contributed by atoms with Crippen LogP contribution in [0.2, 0.25) is 0 Å². The summed E-state index contributed by atoms with van der Waals surface area (Å²) in [6.07, 6.45) is 0.894. The van der Waals surface area contributed by atoms with Crippen LogP contribution in [0.25, 0.3) is 0 Å². The molecule has 0 aromatic carbocycles. The predicted molar refractivity (Wildman–Crippen MR) is 93.7 cm³/mol. The van der Waals surface area contributed by atoms with Crippen molar-refractivity contribution in [2.24, 2.45) is 14.1 Å². The lowest BCUT2D eigenvalue weighted by atomic mass is 10.0. The summed E-state index contributed by atoms with van der Waals surface area (Å²) in [5.74, 6) is -0.428. The number of nitrogens with two attached hydrogens (primary N) is 1. The van der Waals surface area contributed by atoms with Gasteiger partial charge in [0.05, 0.1) is 6.54 Å². The number of nitrogens with zero attached hydrogens (tertiary/aromatic N) is 3. The van der Waals surface area contributed by atoms with E-state index in [0.29, 0.717) is 0 Å². The van der Waals surface area contributed by atoms with Gasteiger partial charge in [-0.3, -0.25) is 23.6 Å². The van der Waals surface area contributed by atoms with Crippen molar-refractivity contribution in [3.05, 3.63) is 48.3 Å². The summed E-state index contributed by atoms with van der Waals surface area (Å²) in [5, 5.41) is 2.06. The molecule has 24 heavy (non-hydrogen) atoms. The van der Waals surface area contributed by atoms with Crippen LogP contribution in [0.5, 0.6) is 0 Å². The highest BCUT2D eigenvalue weighted by atomic mass is 32.1. The van der Waals surface area contributed by atoms with E-state index >= 15 is 0 Å². The highest BCUT2D eigenvalue weighted by molar-refractivity contribution is 7.10. The molecule has 0 unspecified atom stereocenters. The number of rotatable bonds is 3. The zero-order chi connectivity index (χ0) is 17.6. The monoisotopic (exact) mass is 348 g/mol. The van der Waals surface area contributed by atoms with Crippen LogP contribution in [0.15, 0.2) is 21.0 Å². The molecule has 2 aromatic rings. The van der Waals surface area contributed by atoms with Crippen molar-refractivity contribution in [3.63, 3.8) is 0 Å². The first kappa shape index (κ1) is 16.7. The van der Waals surface area contributed by atoms with E-state index < -0.39 is 11.2 Å². The Morgan fingerprint density at radius 3 is 2.75 bits per heavy atom. The molecule has 3 heterocycles. The fraction of sp³-hybridized carbons (Fsp3) is 0.438. The van der Waals surface area contributed by atoms with E-state index in [-0.39, 0.29) is 29.8 Å². The van der Waals surface area contributed by atoms with Gasteiger partial charge in [0.2, 0.25) is 0 Å². The first-order chi connectivity index (χ1) is 11.3. The van der Waals surface area contributed by atoms with Crippen LogP contribution in [0.3, 0.4) is 0 Å². The number of anilines is 1. The lowest BCUT2D eigenvalue weighted by Crippen LogP contribution is -2.44. The fourth-order valence-electron chi connectivity index (χ4n) is 3.16. The molecule has 7 nitrogen and oxygen atoms in total. The molecule has 0 saturated heterocycles. The molecular formula is C16H20N4O3S. The van der Waals surface area contributed by atoms with E-state index in [1.165, 1.54) is 24.5 Å². The van der Waals surface area contributed by atoms with Crippen LogP contribution in [0.1, 0.15) is 33.8 Å². The van der Waals surface area contributed by atoms with Crippen LogP contribution in [0, 0.1) is 0 Å². The van der Waals surface area contributed by atoms with E-state index in [4.69, 9.17) is 5.73 Å². The van der Waals surface area contributed by atoms with Crippen LogP contribution >= 0.6 is 11.3 Å². The smallest absolute Gasteiger partial charge is 0.332 e. The van der Waals surface area contributed by atoms with Crippen molar-refractivity contribution in [1.29, 1.82) is 0 Å². The highest BCUT2D eigenvalue weighted by Gasteiger charge is 2.28. The van der Waals surface area contributed by atoms with Gasteiger partial charge in [-0.05, 0) is 30.4 Å². The first-order valence-corrected chi connectivity index (χ1v) is 8.60. The van der Waals surface area contributed by atoms with Gasteiger partial charge in [0.25, 0.3) is 5.56 Å². The summed E-state index contributed by atoms with van der Waals surface area (Å²) < 4.78 is 2.05. The molecule has 0 saturated carbocycles. The molecule has 1 aliphatic rings. The van der Waals surface area contributed by atoms with Crippen molar-refractivity contribution in [2.75, 3.05) is 18.8 Å². The maximum Gasteiger partial charge on any atom is 0.332 e. The molecule has 0 aliphatic carbocycles. The van der Waals surface area contributed by atoms with Crippen molar-refractivity contribution in [2.45, 2.75) is 19.4 Å². The molecule has 0 bridgehead atoms. The van der Waals surface area contributed by atoms with Gasteiger partial charge in [-0.15, -0.1) is 11.3 Å². The Bertz CT molecular complexity index is 924. The van der Waals surface area contributed by atoms with E-state index in [1.54, 1.807) is 11.3 Å². The van der Waals surface area contributed by atoms with Crippen LogP contribution in [-0.4, -0.2) is 32.9 Å². The number of hydrogen-bond acceptors (Lipinski definition) is 6. The quantitative estimate of drug-likeness (QED) is 0.817. The summed E-state index contributed by atoms with van der Waals surface area (Å²) in [6.45, 7) is 2.92. The van der Waals surface area contributed by atoms with Gasteiger partial charge < -0.3 is 5.73 Å². The molecule has 1 atom stereocenters. The molecule has 0 spiro atoms. The Morgan fingerprint density at radius 2 is 2.04 bits per heavy atom. The number of ketones is 1. The Kier molecular flexibility index (Phi) is 4.18. The minimum Gasteiger partial charge on any atom is -0.384 e. The summed E-state index contributed by atoms with van der Waals surface area (Å²) in [5.41, 5.74) is 5.82. The molecule has 8 heteroatoms. The molecular weight excluding hydrogens is 328 g/mol. The summed E-state index contributed by atoms with van der Waals surface area (Å²) in [4.78, 5) is 40.3. The standard InChI is InChI=1S/C16H20N4O3S/c1-9-10-5-7-24-12(10)4-6-20(9)8-11(21)13-14(17)18(2)16(23)19(3)15(13)22/h5,7,9H,4,6,8,17H2,1-3H3/t9-/m1/s1. The van der Waals surface area contributed by atoms with E-state index in [9.17, 15) is 14.4 Å². The fourth-order valence-corrected chi connectivity index (χ4v) is 4.13. The second-order valence-electron chi connectivity index (χ2n) is 6.08. The topological polar surface area (TPSA) is 90.3 Å². The lowest BCUT2D eigenvalue weighted by molar-refractivity contribution is 0.0889. The highest BCUT2D eigenvalue weighted by Crippen LogP contribution is 2.32. The predicted octanol–water partition coefficient (Wildman–Crippen LogP) is 0.530. The van der Waals surface area contributed by atoms with Crippen molar-refractivity contribution in [3.8, 4) is 0 Å². The number of carbonyl (C=O) groups is 1. The van der Waals surface area contributed by atoms with Gasteiger partial charge in [-0.2, -0.15) is 0 Å². The van der Waals surface area contributed by atoms with Gasteiger partial charge in [-0.1, -0.05) is 0 Å². The maximum atomic E-state index is 12.7. The number of thiophene rings is 1. The number of nitrogen functional groups attached to an aromatic ring is 1. The Morgan fingerprint density at radius 1 is 1.33 bits per heavy atom. The van der Waals surface area contributed by atoms with Gasteiger partial charge in [0, 0.05) is 31.6 Å². The van der Waals surface area contributed by atoms with E-state index in [0.717, 1.165) is 22.1 Å². The van der Waals surface area contributed by atoms with Gasteiger partial charge >= 0.3 is 5.69 Å². The molecule has 3 rings (SSSR count). The molecule has 0 fully saturated rings.